The number of fused-ring (bicyclic) bond motifs is 1. The van der Waals surface area contributed by atoms with Crippen LogP contribution in [-0.2, 0) is 11.3 Å². The molecular weight excluding hydrogens is 537 g/mol. The highest BCUT2D eigenvalue weighted by atomic mass is 32.2. The second kappa shape index (κ2) is 12.5. The molecule has 2 aliphatic heterocycles. The summed E-state index contributed by atoms with van der Waals surface area (Å²) in [5.74, 6) is -0.633. The molecule has 0 spiro atoms. The van der Waals surface area contributed by atoms with Crippen LogP contribution >= 0.6 is 11.8 Å². The molecular formula is C32H34FN5O2S. The average molecular weight is 572 g/mol. The minimum absolute atomic E-state index is 0.146. The van der Waals surface area contributed by atoms with E-state index in [9.17, 15) is 9.18 Å². The minimum Gasteiger partial charge on any atom is -0.356 e. The van der Waals surface area contributed by atoms with Crippen LogP contribution in [0.15, 0.2) is 64.5 Å². The summed E-state index contributed by atoms with van der Waals surface area (Å²) in [4.78, 5) is 21.0. The maximum absolute atomic E-state index is 14.1. The van der Waals surface area contributed by atoms with Crippen LogP contribution in [0, 0.1) is 5.82 Å². The smallest absolute Gasteiger partial charge is 0.252 e. The number of carbonyl (C=O) groups excluding carboxylic acids is 1. The minimum atomic E-state index is -0.382. The molecule has 0 radical (unpaired) electrons. The first-order valence-corrected chi connectivity index (χ1v) is 15.1. The van der Waals surface area contributed by atoms with Gasteiger partial charge in [0, 0.05) is 41.6 Å². The lowest BCUT2D eigenvalue weighted by Crippen LogP contribution is -2.19. The van der Waals surface area contributed by atoms with Gasteiger partial charge in [0.25, 0.3) is 5.91 Å². The number of ether oxygens (including phenoxy) is 1. The van der Waals surface area contributed by atoms with Crippen LogP contribution in [0.3, 0.4) is 0 Å². The fourth-order valence-corrected chi connectivity index (χ4v) is 6.49. The zero-order chi connectivity index (χ0) is 28.2. The van der Waals surface area contributed by atoms with Gasteiger partial charge in [0.05, 0.1) is 22.5 Å². The van der Waals surface area contributed by atoms with E-state index in [0.29, 0.717) is 17.1 Å². The maximum Gasteiger partial charge on any atom is 0.252 e. The Kier molecular flexibility index (Phi) is 8.46. The summed E-state index contributed by atoms with van der Waals surface area (Å²) in [6.45, 7) is 3.99. The number of nitrogens with one attached hydrogen (secondary N) is 1. The molecule has 1 atom stereocenters. The Morgan fingerprint density at radius 1 is 1.10 bits per heavy atom. The van der Waals surface area contributed by atoms with Crippen LogP contribution in [-0.4, -0.2) is 52.3 Å². The number of pyridine rings is 1. The highest BCUT2D eigenvalue weighted by molar-refractivity contribution is 7.99. The molecule has 4 aromatic rings. The van der Waals surface area contributed by atoms with E-state index in [1.165, 1.54) is 61.5 Å². The molecule has 2 aromatic heterocycles. The summed E-state index contributed by atoms with van der Waals surface area (Å²) in [6.07, 6.45) is 11.4. The lowest BCUT2D eigenvalue weighted by Gasteiger charge is -2.23. The van der Waals surface area contributed by atoms with E-state index in [1.54, 1.807) is 7.05 Å². The van der Waals surface area contributed by atoms with Crippen LogP contribution < -0.4 is 5.32 Å². The van der Waals surface area contributed by atoms with E-state index in [4.69, 9.17) is 9.84 Å². The Morgan fingerprint density at radius 3 is 2.73 bits per heavy atom. The van der Waals surface area contributed by atoms with Crippen molar-refractivity contribution in [1.29, 1.82) is 0 Å². The van der Waals surface area contributed by atoms with Crippen LogP contribution in [0.5, 0.6) is 0 Å². The number of benzene rings is 2. The zero-order valence-electron chi connectivity index (χ0n) is 23.2. The monoisotopic (exact) mass is 571 g/mol. The first-order chi connectivity index (χ1) is 20.1. The number of hydrogen-bond donors (Lipinski definition) is 1. The number of amides is 1. The molecule has 4 heterocycles. The normalized spacial score (nSPS) is 18.0. The van der Waals surface area contributed by atoms with Crippen molar-refractivity contribution in [2.75, 3.05) is 26.7 Å². The first-order valence-electron chi connectivity index (χ1n) is 14.3. The second-order valence-electron chi connectivity index (χ2n) is 10.6. The fraction of sp³-hybridized carbons (Fsp3) is 0.344. The van der Waals surface area contributed by atoms with Gasteiger partial charge in [-0.15, -0.1) is 0 Å². The van der Waals surface area contributed by atoms with Gasteiger partial charge in [0.1, 0.15) is 5.82 Å². The molecule has 2 aromatic carbocycles. The summed E-state index contributed by atoms with van der Waals surface area (Å²) < 4.78 is 22.2. The van der Waals surface area contributed by atoms with E-state index in [-0.39, 0.29) is 18.0 Å². The standard InChI is InChI=1S/C32H34FN5O2S/c1-34-32(39)27-12-8-23(33)18-30(27)41-25-11-13-26-28(36-38(29(26)19-25)31-6-2-5-17-40-31)14-10-24-9-7-22(20-35-24)21-37-15-3-4-16-37/h7-14,18-20,31H,2-6,15-17,21H2,1H3,(H,34,39)/b14-10+. The molecule has 7 nitrogen and oxygen atoms in total. The van der Waals surface area contributed by atoms with Crippen molar-refractivity contribution in [2.45, 2.75) is 54.7 Å². The van der Waals surface area contributed by atoms with Crippen LogP contribution in [0.1, 0.15) is 65.6 Å². The highest BCUT2D eigenvalue weighted by Crippen LogP contribution is 2.36. The first kappa shape index (κ1) is 27.6. The van der Waals surface area contributed by atoms with Crippen molar-refractivity contribution in [2.24, 2.45) is 0 Å². The summed E-state index contributed by atoms with van der Waals surface area (Å²) in [5.41, 5.74) is 4.33. The van der Waals surface area contributed by atoms with Crippen LogP contribution in [0.25, 0.3) is 23.1 Å². The summed E-state index contributed by atoms with van der Waals surface area (Å²) in [7, 11) is 1.57. The van der Waals surface area contributed by atoms with E-state index >= 15 is 0 Å². The van der Waals surface area contributed by atoms with Crippen LogP contribution in [0.2, 0.25) is 0 Å². The van der Waals surface area contributed by atoms with Gasteiger partial charge in [-0.2, -0.15) is 5.10 Å². The zero-order valence-corrected chi connectivity index (χ0v) is 24.0. The molecule has 1 N–H and O–H groups in total. The molecule has 212 valence electrons. The molecule has 2 saturated heterocycles. The third-order valence-corrected chi connectivity index (χ3v) is 8.69. The molecule has 2 aliphatic rings. The number of halogens is 1. The van der Waals surface area contributed by atoms with Gasteiger partial charge in [0.2, 0.25) is 0 Å². The largest absolute Gasteiger partial charge is 0.356 e. The lowest BCUT2D eigenvalue weighted by molar-refractivity contribution is -0.0367. The molecule has 9 heteroatoms. The number of rotatable bonds is 8. The number of likely N-dealkylation sites (tertiary alicyclic amines) is 1. The van der Waals surface area contributed by atoms with Gasteiger partial charge in [-0.1, -0.05) is 17.8 Å². The van der Waals surface area contributed by atoms with Crippen molar-refractivity contribution in [3.8, 4) is 0 Å². The predicted octanol–water partition coefficient (Wildman–Crippen LogP) is 6.55. The van der Waals surface area contributed by atoms with Crippen molar-refractivity contribution < 1.29 is 13.9 Å². The van der Waals surface area contributed by atoms with E-state index in [1.807, 2.05) is 41.2 Å². The topological polar surface area (TPSA) is 72.3 Å². The Hall–Kier alpha value is -3.53. The van der Waals surface area contributed by atoms with Gasteiger partial charge in [0.15, 0.2) is 6.23 Å². The third kappa shape index (κ3) is 6.37. The Labute approximate surface area is 243 Å². The van der Waals surface area contributed by atoms with Gasteiger partial charge in [-0.05, 0) is 105 Å². The van der Waals surface area contributed by atoms with Gasteiger partial charge < -0.3 is 10.1 Å². The summed E-state index contributed by atoms with van der Waals surface area (Å²) in [6, 6.07) is 14.5. The average Bonchev–Trinajstić information content (AvgIpc) is 3.65. The van der Waals surface area contributed by atoms with E-state index in [2.05, 4.69) is 27.3 Å². The SMILES string of the molecule is CNC(=O)c1ccc(F)cc1Sc1ccc2c(/C=C/c3ccc(CN4CCCC4)cn3)nn(C3CCCCO3)c2c1. The fourth-order valence-electron chi connectivity index (χ4n) is 5.49. The van der Waals surface area contributed by atoms with E-state index in [0.717, 1.165) is 53.0 Å². The molecule has 0 bridgehead atoms. The van der Waals surface area contributed by atoms with Gasteiger partial charge >= 0.3 is 0 Å². The third-order valence-electron chi connectivity index (χ3n) is 7.64. The number of carbonyl (C=O) groups is 1. The molecule has 0 aliphatic carbocycles. The molecule has 6 rings (SSSR count). The highest BCUT2D eigenvalue weighted by Gasteiger charge is 2.21. The Balaban J connectivity index is 1.30. The molecule has 2 fully saturated rings. The molecule has 1 amide bonds. The van der Waals surface area contributed by atoms with E-state index < -0.39 is 0 Å². The quantitative estimate of drug-likeness (QED) is 0.259. The number of aromatic nitrogens is 3. The molecule has 1 unspecified atom stereocenters. The maximum atomic E-state index is 14.1. The van der Waals surface area contributed by atoms with Crippen LogP contribution in [0.4, 0.5) is 4.39 Å². The van der Waals surface area contributed by atoms with Crippen molar-refractivity contribution in [3.63, 3.8) is 0 Å². The Bertz CT molecular complexity index is 1560. The van der Waals surface area contributed by atoms with Gasteiger partial charge in [-0.3, -0.25) is 14.7 Å². The van der Waals surface area contributed by atoms with Crippen molar-refractivity contribution >= 4 is 40.7 Å². The predicted molar refractivity (Wildman–Crippen MR) is 160 cm³/mol. The summed E-state index contributed by atoms with van der Waals surface area (Å²) >= 11 is 1.36. The number of hydrogen-bond acceptors (Lipinski definition) is 6. The second-order valence-corrected chi connectivity index (χ2v) is 11.7. The summed E-state index contributed by atoms with van der Waals surface area (Å²) in [5, 5.41) is 8.61. The lowest BCUT2D eigenvalue weighted by atomic mass is 10.1. The Morgan fingerprint density at radius 2 is 1.98 bits per heavy atom. The van der Waals surface area contributed by atoms with Crippen molar-refractivity contribution in [1.82, 2.24) is 25.0 Å². The molecule has 0 saturated carbocycles. The van der Waals surface area contributed by atoms with Crippen molar-refractivity contribution in [3.05, 3.63) is 83.1 Å². The van der Waals surface area contributed by atoms with Gasteiger partial charge in [-0.25, -0.2) is 9.07 Å². The molecule has 41 heavy (non-hydrogen) atoms. The number of nitrogens with zero attached hydrogens (tertiary/aromatic N) is 4.